The van der Waals surface area contributed by atoms with Crippen molar-refractivity contribution in [2.45, 2.75) is 65.3 Å². The highest BCUT2D eigenvalue weighted by atomic mass is 16.5. The smallest absolute Gasteiger partial charge is 0.333 e. The third-order valence-electron chi connectivity index (χ3n) is 6.51. The van der Waals surface area contributed by atoms with E-state index in [0.29, 0.717) is 19.3 Å². The molecule has 0 saturated heterocycles. The lowest BCUT2D eigenvalue weighted by Crippen LogP contribution is -2.59. The van der Waals surface area contributed by atoms with Gasteiger partial charge in [0.1, 0.15) is 6.10 Å². The summed E-state index contributed by atoms with van der Waals surface area (Å²) in [7, 11) is 1.25. The standard InChI is InChI=1S/C21H32O6/c1-7-11(2)19(24)27-14-10-21(5)15(22)9-8-12(3)17(21)18(23)16(14)13(4)20(25)26-6/h8,11,14-18,22-23H,4,7,9-10H2,1-3,5-6H3. The zero-order chi connectivity index (χ0) is 20.5. The summed E-state index contributed by atoms with van der Waals surface area (Å²) < 4.78 is 10.5. The molecule has 1 saturated carbocycles. The van der Waals surface area contributed by atoms with Gasteiger partial charge in [-0.15, -0.1) is 0 Å². The lowest BCUT2D eigenvalue weighted by Gasteiger charge is -2.54. The topological polar surface area (TPSA) is 93.1 Å². The molecular formula is C21H32O6. The fourth-order valence-corrected chi connectivity index (χ4v) is 4.58. The SMILES string of the molecule is C=C(C(=O)OC)C1C(OC(=O)C(C)CC)CC2(C)C(O)CC=C(C)C2C1O. The number of hydrogen-bond donors (Lipinski definition) is 2. The highest BCUT2D eigenvalue weighted by molar-refractivity contribution is 5.88. The maximum atomic E-state index is 12.4. The van der Waals surface area contributed by atoms with Gasteiger partial charge in [0.2, 0.25) is 0 Å². The molecule has 1 fully saturated rings. The molecule has 0 heterocycles. The molecule has 27 heavy (non-hydrogen) atoms. The van der Waals surface area contributed by atoms with Gasteiger partial charge in [-0.05, 0) is 26.2 Å². The normalized spacial score (nSPS) is 36.9. The summed E-state index contributed by atoms with van der Waals surface area (Å²) >= 11 is 0. The summed E-state index contributed by atoms with van der Waals surface area (Å²) in [5.74, 6) is -2.44. The van der Waals surface area contributed by atoms with Gasteiger partial charge >= 0.3 is 11.9 Å². The lowest BCUT2D eigenvalue weighted by atomic mass is 9.54. The molecule has 0 radical (unpaired) electrons. The molecule has 152 valence electrons. The van der Waals surface area contributed by atoms with Gasteiger partial charge in [-0.25, -0.2) is 4.79 Å². The number of rotatable bonds is 5. The zero-order valence-electron chi connectivity index (χ0n) is 16.9. The summed E-state index contributed by atoms with van der Waals surface area (Å²) in [5.41, 5.74) is 0.387. The number of hydrogen-bond acceptors (Lipinski definition) is 6. The van der Waals surface area contributed by atoms with Crippen LogP contribution in [0.2, 0.25) is 0 Å². The number of carbonyl (C=O) groups excluding carboxylic acids is 2. The summed E-state index contributed by atoms with van der Waals surface area (Å²) in [4.78, 5) is 24.6. The molecular weight excluding hydrogens is 348 g/mol. The van der Waals surface area contributed by atoms with Crippen LogP contribution in [0.25, 0.3) is 0 Å². The molecule has 0 aromatic carbocycles. The van der Waals surface area contributed by atoms with Crippen molar-refractivity contribution < 1.29 is 29.3 Å². The Balaban J connectivity index is 2.44. The fraction of sp³-hybridized carbons (Fsp3) is 0.714. The van der Waals surface area contributed by atoms with Crippen molar-refractivity contribution in [3.05, 3.63) is 23.8 Å². The molecule has 2 aliphatic rings. The number of ether oxygens (including phenoxy) is 2. The highest BCUT2D eigenvalue weighted by Crippen LogP contribution is 2.54. The molecule has 6 heteroatoms. The molecule has 2 N–H and O–H groups in total. The molecule has 0 aromatic heterocycles. The van der Waals surface area contributed by atoms with Gasteiger partial charge in [-0.2, -0.15) is 0 Å². The number of methoxy groups -OCH3 is 1. The largest absolute Gasteiger partial charge is 0.466 e. The minimum Gasteiger partial charge on any atom is -0.466 e. The molecule has 0 amide bonds. The second-order valence-corrected chi connectivity index (χ2v) is 8.21. The first-order valence-electron chi connectivity index (χ1n) is 9.58. The summed E-state index contributed by atoms with van der Waals surface area (Å²) in [6.45, 7) is 11.3. The van der Waals surface area contributed by atoms with Gasteiger partial charge in [-0.1, -0.05) is 39.0 Å². The van der Waals surface area contributed by atoms with Crippen molar-refractivity contribution in [3.63, 3.8) is 0 Å². The minimum atomic E-state index is -1.02. The molecule has 6 nitrogen and oxygen atoms in total. The van der Waals surface area contributed by atoms with E-state index in [9.17, 15) is 19.8 Å². The molecule has 7 atom stereocenters. The van der Waals surface area contributed by atoms with E-state index in [1.54, 1.807) is 6.92 Å². The molecule has 0 aromatic rings. The van der Waals surface area contributed by atoms with E-state index in [1.807, 2.05) is 26.8 Å². The molecule has 0 aliphatic heterocycles. The van der Waals surface area contributed by atoms with Crippen LogP contribution in [0, 0.1) is 23.2 Å². The monoisotopic (exact) mass is 380 g/mol. The second-order valence-electron chi connectivity index (χ2n) is 8.21. The first kappa shape index (κ1) is 21.6. The van der Waals surface area contributed by atoms with E-state index in [0.717, 1.165) is 5.57 Å². The van der Waals surface area contributed by atoms with Crippen LogP contribution in [0.1, 0.15) is 47.0 Å². The van der Waals surface area contributed by atoms with Gasteiger partial charge in [0.05, 0.1) is 31.2 Å². The Morgan fingerprint density at radius 2 is 2.04 bits per heavy atom. The predicted molar refractivity (Wildman–Crippen MR) is 101 cm³/mol. The van der Waals surface area contributed by atoms with Crippen molar-refractivity contribution in [2.75, 3.05) is 7.11 Å². The van der Waals surface area contributed by atoms with Crippen LogP contribution in [0.3, 0.4) is 0 Å². The molecule has 0 bridgehead atoms. The summed E-state index contributed by atoms with van der Waals surface area (Å²) in [5, 5.41) is 21.9. The van der Waals surface area contributed by atoms with Crippen LogP contribution in [0.15, 0.2) is 23.8 Å². The first-order valence-corrected chi connectivity index (χ1v) is 9.58. The Labute approximate surface area is 161 Å². The van der Waals surface area contributed by atoms with Gasteiger partial charge in [0.15, 0.2) is 0 Å². The predicted octanol–water partition coefficient (Wildman–Crippen LogP) is 2.39. The van der Waals surface area contributed by atoms with Gasteiger partial charge in [0, 0.05) is 16.9 Å². The molecule has 2 aliphatic carbocycles. The maximum Gasteiger partial charge on any atom is 0.333 e. The highest BCUT2D eigenvalue weighted by Gasteiger charge is 2.57. The van der Waals surface area contributed by atoms with Crippen LogP contribution in [0.5, 0.6) is 0 Å². The van der Waals surface area contributed by atoms with Crippen LogP contribution in [-0.4, -0.2) is 47.6 Å². The average Bonchev–Trinajstić information content (AvgIpc) is 2.62. The molecule has 7 unspecified atom stereocenters. The number of fused-ring (bicyclic) bond motifs is 1. The van der Waals surface area contributed by atoms with E-state index in [1.165, 1.54) is 7.11 Å². The van der Waals surface area contributed by atoms with E-state index >= 15 is 0 Å². The quantitative estimate of drug-likeness (QED) is 0.432. The average molecular weight is 380 g/mol. The maximum absolute atomic E-state index is 12.4. The van der Waals surface area contributed by atoms with Gasteiger partial charge in [0.25, 0.3) is 0 Å². The zero-order valence-corrected chi connectivity index (χ0v) is 16.9. The second kappa shape index (κ2) is 8.15. The van der Waals surface area contributed by atoms with Crippen molar-refractivity contribution >= 4 is 11.9 Å². The molecule has 2 rings (SSSR count). The van der Waals surface area contributed by atoms with Crippen LogP contribution >= 0.6 is 0 Å². The fourth-order valence-electron chi connectivity index (χ4n) is 4.58. The number of esters is 2. The Kier molecular flexibility index (Phi) is 6.53. The third-order valence-corrected chi connectivity index (χ3v) is 6.51. The van der Waals surface area contributed by atoms with Gasteiger partial charge in [-0.3, -0.25) is 4.79 Å². The lowest BCUT2D eigenvalue weighted by molar-refractivity contribution is -0.181. The summed E-state index contributed by atoms with van der Waals surface area (Å²) in [6, 6.07) is 0. The number of carbonyl (C=O) groups is 2. The van der Waals surface area contributed by atoms with Crippen LogP contribution in [0.4, 0.5) is 0 Å². The first-order chi connectivity index (χ1) is 12.6. The number of aliphatic hydroxyl groups excluding tert-OH is 2. The van der Waals surface area contributed by atoms with E-state index in [-0.39, 0.29) is 23.4 Å². The Morgan fingerprint density at radius 1 is 1.41 bits per heavy atom. The molecule has 0 spiro atoms. The van der Waals surface area contributed by atoms with Crippen LogP contribution < -0.4 is 0 Å². The Bertz CT molecular complexity index is 639. The van der Waals surface area contributed by atoms with Crippen molar-refractivity contribution in [1.82, 2.24) is 0 Å². The summed E-state index contributed by atoms with van der Waals surface area (Å²) in [6.07, 6.45) is 0.929. The van der Waals surface area contributed by atoms with E-state index in [4.69, 9.17) is 9.47 Å². The third kappa shape index (κ3) is 3.83. The Morgan fingerprint density at radius 3 is 2.59 bits per heavy atom. The minimum absolute atomic E-state index is 0.0851. The Hall–Kier alpha value is -1.66. The van der Waals surface area contributed by atoms with E-state index in [2.05, 4.69) is 6.58 Å². The van der Waals surface area contributed by atoms with Crippen LogP contribution in [-0.2, 0) is 19.1 Å². The number of aliphatic hydroxyl groups is 2. The van der Waals surface area contributed by atoms with Gasteiger partial charge < -0.3 is 19.7 Å². The van der Waals surface area contributed by atoms with Crippen molar-refractivity contribution in [1.29, 1.82) is 0 Å². The van der Waals surface area contributed by atoms with Crippen molar-refractivity contribution in [2.24, 2.45) is 23.2 Å². The van der Waals surface area contributed by atoms with Crippen molar-refractivity contribution in [3.8, 4) is 0 Å². The van der Waals surface area contributed by atoms with E-state index < -0.39 is 35.6 Å².